The second-order valence-electron chi connectivity index (χ2n) is 6.00. The Morgan fingerprint density at radius 2 is 1.78 bits per heavy atom. The first-order valence-corrected chi connectivity index (χ1v) is 7.94. The van der Waals surface area contributed by atoms with Crippen LogP contribution in [0.3, 0.4) is 0 Å². The van der Waals surface area contributed by atoms with E-state index in [1.807, 2.05) is 17.0 Å². The summed E-state index contributed by atoms with van der Waals surface area (Å²) in [6, 6.07) is 4.05. The molecule has 0 aliphatic carbocycles. The number of carbonyl (C=O) groups is 2. The minimum atomic E-state index is -0.0755. The van der Waals surface area contributed by atoms with Gasteiger partial charge in [-0.15, -0.1) is 0 Å². The van der Waals surface area contributed by atoms with Gasteiger partial charge in [0.25, 0.3) is 0 Å². The summed E-state index contributed by atoms with van der Waals surface area (Å²) in [4.78, 5) is 29.7. The number of piperidine rings is 1. The molecule has 0 bridgehead atoms. The molecule has 0 aromatic rings. The molecular formula is C16H25N5O2. The van der Waals surface area contributed by atoms with Gasteiger partial charge in [0.2, 0.25) is 11.8 Å². The zero-order chi connectivity index (χ0) is 17.2. The third-order valence-electron chi connectivity index (χ3n) is 3.99. The van der Waals surface area contributed by atoms with Gasteiger partial charge in [0.15, 0.2) is 0 Å². The van der Waals surface area contributed by atoms with Gasteiger partial charge >= 0.3 is 0 Å². The molecule has 0 aromatic heterocycles. The van der Waals surface area contributed by atoms with Gasteiger partial charge in [0.1, 0.15) is 0 Å². The minimum Gasteiger partial charge on any atom is -0.349 e. The summed E-state index contributed by atoms with van der Waals surface area (Å²) in [7, 11) is 3.50. The molecule has 1 fully saturated rings. The van der Waals surface area contributed by atoms with E-state index < -0.39 is 0 Å². The van der Waals surface area contributed by atoms with Crippen LogP contribution >= 0.6 is 0 Å². The Balaban J connectivity index is 2.57. The highest BCUT2D eigenvalue weighted by molar-refractivity contribution is 5.80. The molecule has 126 valence electrons. The topological polar surface area (TPSA) is 91.4 Å². The number of rotatable bonds is 7. The molecule has 1 saturated heterocycles. The SMILES string of the molecule is CN(C)C(=O)[C@@H]1CCCN(CC(=O)N(CCC#N)CCC#N)C1. The van der Waals surface area contributed by atoms with Crippen molar-refractivity contribution in [2.45, 2.75) is 25.7 Å². The first-order valence-electron chi connectivity index (χ1n) is 7.94. The van der Waals surface area contributed by atoms with Crippen LogP contribution in [0, 0.1) is 28.6 Å². The zero-order valence-corrected chi connectivity index (χ0v) is 14.0. The normalized spacial score (nSPS) is 17.8. The third-order valence-corrected chi connectivity index (χ3v) is 3.99. The Hall–Kier alpha value is -2.12. The fourth-order valence-corrected chi connectivity index (χ4v) is 2.79. The van der Waals surface area contributed by atoms with Crippen molar-refractivity contribution < 1.29 is 9.59 Å². The lowest BCUT2D eigenvalue weighted by molar-refractivity contribution is -0.137. The first kappa shape index (κ1) is 18.9. The second-order valence-corrected chi connectivity index (χ2v) is 6.00. The highest BCUT2D eigenvalue weighted by Gasteiger charge is 2.28. The van der Waals surface area contributed by atoms with Crippen molar-refractivity contribution in [3.63, 3.8) is 0 Å². The van der Waals surface area contributed by atoms with Gasteiger partial charge < -0.3 is 9.80 Å². The van der Waals surface area contributed by atoms with Crippen LogP contribution in [0.4, 0.5) is 0 Å². The lowest BCUT2D eigenvalue weighted by atomic mass is 9.97. The molecule has 0 unspecified atom stereocenters. The molecule has 1 aliphatic heterocycles. The molecule has 0 spiro atoms. The number of hydrogen-bond donors (Lipinski definition) is 0. The molecule has 1 aliphatic rings. The van der Waals surface area contributed by atoms with Crippen molar-refractivity contribution in [1.82, 2.24) is 14.7 Å². The van der Waals surface area contributed by atoms with E-state index in [0.717, 1.165) is 19.4 Å². The maximum atomic E-state index is 12.4. The number of hydrogen-bond acceptors (Lipinski definition) is 5. The van der Waals surface area contributed by atoms with E-state index in [-0.39, 0.29) is 37.1 Å². The maximum absolute atomic E-state index is 12.4. The lowest BCUT2D eigenvalue weighted by Gasteiger charge is -2.34. The molecule has 1 heterocycles. The zero-order valence-electron chi connectivity index (χ0n) is 14.0. The predicted octanol–water partition coefficient (Wildman–Crippen LogP) is 0.443. The lowest BCUT2D eigenvalue weighted by Crippen LogP contribution is -2.47. The smallest absolute Gasteiger partial charge is 0.236 e. The van der Waals surface area contributed by atoms with Gasteiger partial charge in [0, 0.05) is 33.7 Å². The Labute approximate surface area is 138 Å². The monoisotopic (exact) mass is 319 g/mol. The maximum Gasteiger partial charge on any atom is 0.236 e. The van der Waals surface area contributed by atoms with Crippen LogP contribution in [0.25, 0.3) is 0 Å². The molecule has 0 N–H and O–H groups in total. The number of amides is 2. The highest BCUT2D eigenvalue weighted by atomic mass is 16.2. The van der Waals surface area contributed by atoms with Crippen molar-refractivity contribution in [3.05, 3.63) is 0 Å². The number of nitriles is 2. The first-order chi connectivity index (χ1) is 11.0. The highest BCUT2D eigenvalue weighted by Crippen LogP contribution is 2.18. The number of carbonyl (C=O) groups excluding carboxylic acids is 2. The summed E-state index contributed by atoms with van der Waals surface area (Å²) in [6.07, 6.45) is 2.28. The van der Waals surface area contributed by atoms with E-state index in [2.05, 4.69) is 0 Å². The van der Waals surface area contributed by atoms with E-state index in [9.17, 15) is 9.59 Å². The standard InChI is InChI=1S/C16H25N5O2/c1-19(2)16(23)14-6-3-9-20(12-14)13-15(22)21(10-4-7-17)11-5-8-18/h14H,3-6,9-13H2,1-2H3/t14-/m1/s1. The summed E-state index contributed by atoms with van der Waals surface area (Å²) in [5.41, 5.74) is 0. The van der Waals surface area contributed by atoms with Crippen molar-refractivity contribution in [2.75, 3.05) is 46.8 Å². The fourth-order valence-electron chi connectivity index (χ4n) is 2.79. The van der Waals surface area contributed by atoms with Crippen LogP contribution < -0.4 is 0 Å². The van der Waals surface area contributed by atoms with Crippen LogP contribution in [-0.2, 0) is 9.59 Å². The van der Waals surface area contributed by atoms with Gasteiger partial charge in [-0.25, -0.2) is 0 Å². The van der Waals surface area contributed by atoms with Gasteiger partial charge in [0.05, 0.1) is 37.4 Å². The van der Waals surface area contributed by atoms with E-state index in [1.165, 1.54) is 0 Å². The molecule has 0 saturated carbocycles. The fraction of sp³-hybridized carbons (Fsp3) is 0.750. The molecule has 7 nitrogen and oxygen atoms in total. The van der Waals surface area contributed by atoms with E-state index in [1.54, 1.807) is 23.9 Å². The van der Waals surface area contributed by atoms with Crippen molar-refractivity contribution in [1.29, 1.82) is 10.5 Å². The molecule has 0 aromatic carbocycles. The molecule has 1 rings (SSSR count). The van der Waals surface area contributed by atoms with Crippen LogP contribution in [0.5, 0.6) is 0 Å². The molecule has 1 atom stereocenters. The summed E-state index contributed by atoms with van der Waals surface area (Å²) < 4.78 is 0. The molecule has 0 radical (unpaired) electrons. The predicted molar refractivity (Wildman–Crippen MR) is 84.9 cm³/mol. The van der Waals surface area contributed by atoms with Gasteiger partial charge in [-0.2, -0.15) is 10.5 Å². The van der Waals surface area contributed by atoms with Crippen LogP contribution in [-0.4, -0.2) is 73.3 Å². The van der Waals surface area contributed by atoms with Gasteiger partial charge in [-0.05, 0) is 19.4 Å². The molecule has 2 amide bonds. The third kappa shape index (κ3) is 6.25. The average Bonchev–Trinajstić information content (AvgIpc) is 2.54. The van der Waals surface area contributed by atoms with E-state index in [4.69, 9.17) is 10.5 Å². The summed E-state index contributed by atoms with van der Waals surface area (Å²) in [6.45, 7) is 2.34. The Kier molecular flexibility index (Phi) is 8.07. The van der Waals surface area contributed by atoms with Crippen LogP contribution in [0.2, 0.25) is 0 Å². The number of likely N-dealkylation sites (tertiary alicyclic amines) is 1. The quantitative estimate of drug-likeness (QED) is 0.679. The second kappa shape index (κ2) is 9.81. The number of nitrogens with zero attached hydrogens (tertiary/aromatic N) is 5. The average molecular weight is 319 g/mol. The molecule has 23 heavy (non-hydrogen) atoms. The van der Waals surface area contributed by atoms with Crippen LogP contribution in [0.1, 0.15) is 25.7 Å². The summed E-state index contributed by atoms with van der Waals surface area (Å²) in [5, 5.41) is 17.4. The summed E-state index contributed by atoms with van der Waals surface area (Å²) >= 11 is 0. The summed E-state index contributed by atoms with van der Waals surface area (Å²) in [5.74, 6) is -0.0281. The van der Waals surface area contributed by atoms with Crippen molar-refractivity contribution >= 4 is 11.8 Å². The van der Waals surface area contributed by atoms with E-state index in [0.29, 0.717) is 19.6 Å². The minimum absolute atomic E-state index is 0.0572. The van der Waals surface area contributed by atoms with E-state index >= 15 is 0 Å². The Bertz CT molecular complexity index is 474. The Morgan fingerprint density at radius 1 is 1.17 bits per heavy atom. The van der Waals surface area contributed by atoms with Crippen molar-refractivity contribution in [2.24, 2.45) is 5.92 Å². The van der Waals surface area contributed by atoms with Crippen molar-refractivity contribution in [3.8, 4) is 12.1 Å². The van der Waals surface area contributed by atoms with Gasteiger partial charge in [-0.3, -0.25) is 14.5 Å². The Morgan fingerprint density at radius 3 is 2.30 bits per heavy atom. The van der Waals surface area contributed by atoms with Crippen LogP contribution in [0.15, 0.2) is 0 Å². The molecule has 7 heteroatoms. The largest absolute Gasteiger partial charge is 0.349 e. The van der Waals surface area contributed by atoms with Gasteiger partial charge in [-0.1, -0.05) is 0 Å². The molecular weight excluding hydrogens is 294 g/mol.